The van der Waals surface area contributed by atoms with E-state index in [1.165, 1.54) is 26.2 Å². The zero-order valence-corrected chi connectivity index (χ0v) is 19.7. The quantitative estimate of drug-likeness (QED) is 0.346. The SMILES string of the molecule is [O-]c1ccccc1C=NCCN1CC1.[O-]c1ccccc1C=NCCN1CC1.[Zn+2]. The molecule has 2 saturated heterocycles. The van der Waals surface area contributed by atoms with Crippen LogP contribution < -0.4 is 10.2 Å². The average Bonchev–Trinajstić information content (AvgIpc) is 3.61. The van der Waals surface area contributed by atoms with Gasteiger partial charge >= 0.3 is 19.5 Å². The summed E-state index contributed by atoms with van der Waals surface area (Å²) >= 11 is 0. The van der Waals surface area contributed by atoms with Crippen LogP contribution in [-0.4, -0.2) is 74.6 Å². The Hall–Kier alpha value is -2.08. The van der Waals surface area contributed by atoms with Crippen molar-refractivity contribution in [1.82, 2.24) is 9.80 Å². The summed E-state index contributed by atoms with van der Waals surface area (Å²) in [5.41, 5.74) is 1.36. The van der Waals surface area contributed by atoms with Gasteiger partial charge in [-0.2, -0.15) is 0 Å². The molecule has 0 unspecified atom stereocenters. The number of rotatable bonds is 8. The molecule has 0 bridgehead atoms. The second kappa shape index (κ2) is 12.5. The summed E-state index contributed by atoms with van der Waals surface area (Å²) in [6.07, 6.45) is 3.34. The average molecular weight is 444 g/mol. The number of hydrogen-bond acceptors (Lipinski definition) is 6. The Morgan fingerprint density at radius 1 is 0.690 bits per heavy atom. The van der Waals surface area contributed by atoms with Crippen molar-refractivity contribution in [3.05, 3.63) is 59.7 Å². The van der Waals surface area contributed by atoms with E-state index in [4.69, 9.17) is 0 Å². The predicted octanol–water partition coefficient (Wildman–Crippen LogP) is 0.987. The fourth-order valence-corrected chi connectivity index (χ4v) is 2.49. The van der Waals surface area contributed by atoms with Crippen LogP contribution in [0, 0.1) is 0 Å². The van der Waals surface area contributed by atoms with Gasteiger partial charge in [-0.25, -0.2) is 0 Å². The molecule has 7 heteroatoms. The van der Waals surface area contributed by atoms with Gasteiger partial charge in [-0.3, -0.25) is 19.8 Å². The molecule has 2 aromatic carbocycles. The summed E-state index contributed by atoms with van der Waals surface area (Å²) in [5, 5.41) is 22.5. The molecule has 2 aromatic rings. The molecular formula is C22H26N4O2Zn. The molecule has 2 aliphatic heterocycles. The topological polar surface area (TPSA) is 76.9 Å². The maximum Gasteiger partial charge on any atom is 2.00 e. The normalized spacial score (nSPS) is 15.7. The third-order valence-corrected chi connectivity index (χ3v) is 4.47. The van der Waals surface area contributed by atoms with Gasteiger partial charge in [0.15, 0.2) is 0 Å². The minimum Gasteiger partial charge on any atom is -0.872 e. The Morgan fingerprint density at radius 2 is 1.07 bits per heavy atom. The van der Waals surface area contributed by atoms with Crippen molar-refractivity contribution in [2.45, 2.75) is 0 Å². The molecule has 0 aromatic heterocycles. The second-order valence-corrected chi connectivity index (χ2v) is 6.83. The van der Waals surface area contributed by atoms with E-state index in [1.807, 2.05) is 12.1 Å². The Morgan fingerprint density at radius 3 is 1.41 bits per heavy atom. The molecule has 0 aliphatic carbocycles. The Balaban J connectivity index is 0.000000200. The second-order valence-electron chi connectivity index (χ2n) is 6.83. The zero-order valence-electron chi connectivity index (χ0n) is 16.7. The molecular weight excluding hydrogens is 418 g/mol. The summed E-state index contributed by atoms with van der Waals surface area (Å²) in [6, 6.07) is 13.9. The summed E-state index contributed by atoms with van der Waals surface area (Å²) < 4.78 is 0. The summed E-state index contributed by atoms with van der Waals surface area (Å²) in [7, 11) is 0. The van der Waals surface area contributed by atoms with Crippen LogP contribution >= 0.6 is 0 Å². The van der Waals surface area contributed by atoms with Crippen molar-refractivity contribution >= 4 is 12.4 Å². The largest absolute Gasteiger partial charge is 2.00 e. The zero-order chi connectivity index (χ0) is 19.6. The number of hydrogen-bond donors (Lipinski definition) is 0. The van der Waals surface area contributed by atoms with Crippen LogP contribution in [0.1, 0.15) is 11.1 Å². The molecule has 4 rings (SSSR count). The predicted molar refractivity (Wildman–Crippen MR) is 110 cm³/mol. The van der Waals surface area contributed by atoms with Gasteiger partial charge in [0, 0.05) is 51.7 Å². The molecule has 6 nitrogen and oxygen atoms in total. The summed E-state index contributed by atoms with van der Waals surface area (Å²) in [5.74, 6) is 0.0888. The summed E-state index contributed by atoms with van der Waals surface area (Å²) in [6.45, 7) is 8.40. The van der Waals surface area contributed by atoms with Crippen molar-refractivity contribution in [3.8, 4) is 11.5 Å². The minimum atomic E-state index is 0. The smallest absolute Gasteiger partial charge is 0.872 e. The first kappa shape index (κ1) is 23.2. The van der Waals surface area contributed by atoms with Crippen LogP contribution in [0.2, 0.25) is 0 Å². The molecule has 2 heterocycles. The van der Waals surface area contributed by atoms with Crippen LogP contribution in [-0.2, 0) is 19.5 Å². The van der Waals surface area contributed by atoms with Crippen molar-refractivity contribution in [3.63, 3.8) is 0 Å². The number of aliphatic imine (C=N–C) groups is 2. The Kier molecular flexibility index (Phi) is 9.98. The third-order valence-electron chi connectivity index (χ3n) is 4.47. The van der Waals surface area contributed by atoms with E-state index >= 15 is 0 Å². The standard InChI is InChI=1S/2C11H14N2O.Zn/c2*14-11-4-2-1-3-10(11)9-12-5-6-13-7-8-13;/h2*1-4,9,14H,5-8H2;/q;;+2/p-2. The first-order chi connectivity index (χ1) is 13.7. The molecule has 2 fully saturated rings. The first-order valence-corrected chi connectivity index (χ1v) is 9.69. The molecule has 0 radical (unpaired) electrons. The van der Waals surface area contributed by atoms with E-state index in [0.717, 1.165) is 26.2 Å². The maximum atomic E-state index is 11.3. The van der Waals surface area contributed by atoms with Crippen molar-refractivity contribution in [1.29, 1.82) is 0 Å². The van der Waals surface area contributed by atoms with Gasteiger partial charge in [-0.05, 0) is 11.1 Å². The van der Waals surface area contributed by atoms with Crippen molar-refractivity contribution in [2.75, 3.05) is 52.4 Å². The first-order valence-electron chi connectivity index (χ1n) is 9.69. The monoisotopic (exact) mass is 442 g/mol. The summed E-state index contributed by atoms with van der Waals surface area (Å²) in [4.78, 5) is 13.0. The van der Waals surface area contributed by atoms with Gasteiger partial charge < -0.3 is 10.2 Å². The van der Waals surface area contributed by atoms with Crippen molar-refractivity contribution in [2.24, 2.45) is 9.98 Å². The van der Waals surface area contributed by atoms with Gasteiger partial charge in [0.25, 0.3) is 0 Å². The fraction of sp³-hybridized carbons (Fsp3) is 0.364. The van der Waals surface area contributed by atoms with E-state index in [0.29, 0.717) is 11.1 Å². The third kappa shape index (κ3) is 9.31. The Bertz CT molecular complexity index is 737. The minimum absolute atomic E-state index is 0. The fourth-order valence-electron chi connectivity index (χ4n) is 2.49. The number of benzene rings is 2. The van der Waals surface area contributed by atoms with Crippen LogP contribution in [0.25, 0.3) is 0 Å². The molecule has 0 atom stereocenters. The maximum absolute atomic E-state index is 11.3. The van der Waals surface area contributed by atoms with E-state index in [9.17, 15) is 10.2 Å². The van der Waals surface area contributed by atoms with Crippen LogP contribution in [0.3, 0.4) is 0 Å². The van der Waals surface area contributed by atoms with Crippen LogP contribution in [0.4, 0.5) is 0 Å². The molecule has 2 aliphatic rings. The van der Waals surface area contributed by atoms with Crippen LogP contribution in [0.5, 0.6) is 11.5 Å². The van der Waals surface area contributed by atoms with E-state index in [1.54, 1.807) is 48.8 Å². The van der Waals surface area contributed by atoms with Crippen LogP contribution in [0.15, 0.2) is 58.5 Å². The van der Waals surface area contributed by atoms with Gasteiger partial charge in [-0.1, -0.05) is 48.5 Å². The van der Waals surface area contributed by atoms with E-state index < -0.39 is 0 Å². The molecule has 148 valence electrons. The number of nitrogens with zero attached hydrogens (tertiary/aromatic N) is 4. The van der Waals surface area contributed by atoms with Gasteiger partial charge in [0.1, 0.15) is 0 Å². The van der Waals surface area contributed by atoms with E-state index in [-0.39, 0.29) is 31.0 Å². The van der Waals surface area contributed by atoms with Gasteiger partial charge in [0.2, 0.25) is 0 Å². The molecule has 0 saturated carbocycles. The van der Waals surface area contributed by atoms with Crippen molar-refractivity contribution < 1.29 is 29.7 Å². The molecule has 0 amide bonds. The van der Waals surface area contributed by atoms with E-state index in [2.05, 4.69) is 19.8 Å². The molecule has 0 N–H and O–H groups in total. The molecule has 29 heavy (non-hydrogen) atoms. The number of para-hydroxylation sites is 2. The molecule has 0 spiro atoms. The van der Waals surface area contributed by atoms with Gasteiger partial charge in [0.05, 0.1) is 13.1 Å². The van der Waals surface area contributed by atoms with Gasteiger partial charge in [-0.15, -0.1) is 11.5 Å². The Labute approximate surface area is 185 Å².